The number of nitrogens with one attached hydrogen (secondary N) is 1. The summed E-state index contributed by atoms with van der Waals surface area (Å²) in [4.78, 5) is 28.4. The molecule has 1 aromatic rings. The van der Waals surface area contributed by atoms with Gasteiger partial charge in [-0.3, -0.25) is 4.79 Å². The Kier molecular flexibility index (Phi) is 4.03. The molecule has 0 bridgehead atoms. The number of hydrogen-bond donors (Lipinski definition) is 2. The van der Waals surface area contributed by atoms with Gasteiger partial charge in [-0.15, -0.1) is 0 Å². The van der Waals surface area contributed by atoms with Gasteiger partial charge in [0.25, 0.3) is 0 Å². The Bertz CT molecular complexity index is 471. The van der Waals surface area contributed by atoms with Gasteiger partial charge in [-0.25, -0.2) is 9.78 Å². The minimum absolute atomic E-state index is 0.0614. The van der Waals surface area contributed by atoms with Crippen LogP contribution in [0, 0.1) is 0 Å². The molecule has 2 heterocycles. The molecule has 0 fully saturated rings. The second-order valence-corrected chi connectivity index (χ2v) is 4.74. The summed E-state index contributed by atoms with van der Waals surface area (Å²) in [7, 11) is 0. The fourth-order valence-electron chi connectivity index (χ4n) is 2.06. The smallest absolute Gasteiger partial charge is 0.318 e. The maximum Gasteiger partial charge on any atom is 0.318 e. The molecule has 2 N–H and O–H groups in total. The first-order chi connectivity index (χ1) is 9.06. The number of urea groups is 1. The van der Waals surface area contributed by atoms with Crippen LogP contribution >= 0.6 is 0 Å². The van der Waals surface area contributed by atoms with Crippen molar-refractivity contribution in [1.29, 1.82) is 0 Å². The molecule has 104 valence electrons. The summed E-state index contributed by atoms with van der Waals surface area (Å²) in [5.41, 5.74) is 0. The number of carbonyl (C=O) groups is 2. The molecule has 0 spiro atoms. The lowest BCUT2D eigenvalue weighted by Crippen LogP contribution is -2.47. The number of carboxylic acids is 1. The first kappa shape index (κ1) is 13.4. The number of rotatable bonds is 4. The van der Waals surface area contributed by atoms with Crippen molar-refractivity contribution in [1.82, 2.24) is 19.8 Å². The normalized spacial score (nSPS) is 15.7. The molecule has 0 saturated heterocycles. The number of aliphatic carboxylic acids is 1. The van der Waals surface area contributed by atoms with E-state index in [2.05, 4.69) is 10.3 Å². The highest BCUT2D eigenvalue weighted by Gasteiger charge is 2.22. The SMILES string of the molecule is CC(CCC(=O)O)NC(=O)N1CCn2ccnc2C1. The van der Waals surface area contributed by atoms with E-state index >= 15 is 0 Å². The predicted octanol–water partition coefficient (Wildman–Crippen LogP) is 0.662. The fraction of sp³-hybridized carbons (Fsp3) is 0.583. The maximum absolute atomic E-state index is 12.0. The summed E-state index contributed by atoms with van der Waals surface area (Å²) in [5, 5.41) is 11.4. The van der Waals surface area contributed by atoms with E-state index in [-0.39, 0.29) is 18.5 Å². The van der Waals surface area contributed by atoms with E-state index in [0.29, 0.717) is 19.5 Å². The average Bonchev–Trinajstić information content (AvgIpc) is 2.83. The van der Waals surface area contributed by atoms with Crippen molar-refractivity contribution in [2.75, 3.05) is 6.54 Å². The number of carbonyl (C=O) groups excluding carboxylic acids is 1. The number of imidazole rings is 1. The van der Waals surface area contributed by atoms with E-state index in [1.165, 1.54) is 0 Å². The summed E-state index contributed by atoms with van der Waals surface area (Å²) in [5.74, 6) is 0.0284. The Hall–Kier alpha value is -2.05. The number of hydrogen-bond acceptors (Lipinski definition) is 3. The van der Waals surface area contributed by atoms with Crippen molar-refractivity contribution < 1.29 is 14.7 Å². The summed E-state index contributed by atoms with van der Waals surface area (Å²) in [6.07, 6.45) is 4.13. The number of fused-ring (bicyclic) bond motifs is 1. The van der Waals surface area contributed by atoms with Gasteiger partial charge in [-0.05, 0) is 13.3 Å². The van der Waals surface area contributed by atoms with Gasteiger partial charge in [-0.2, -0.15) is 0 Å². The van der Waals surface area contributed by atoms with Crippen molar-refractivity contribution in [3.8, 4) is 0 Å². The molecule has 2 rings (SSSR count). The second-order valence-electron chi connectivity index (χ2n) is 4.74. The van der Waals surface area contributed by atoms with Crippen LogP contribution in [0.3, 0.4) is 0 Å². The summed E-state index contributed by atoms with van der Waals surface area (Å²) in [6.45, 7) is 3.68. The molecule has 1 aromatic heterocycles. The molecule has 0 saturated carbocycles. The highest BCUT2D eigenvalue weighted by molar-refractivity contribution is 5.74. The molecule has 0 aliphatic carbocycles. The van der Waals surface area contributed by atoms with E-state index in [9.17, 15) is 9.59 Å². The Labute approximate surface area is 111 Å². The molecule has 0 radical (unpaired) electrons. The first-order valence-corrected chi connectivity index (χ1v) is 6.33. The van der Waals surface area contributed by atoms with Gasteiger partial charge in [0.2, 0.25) is 0 Å². The molecule has 7 nitrogen and oxygen atoms in total. The number of carboxylic acid groups (broad SMARTS) is 1. The van der Waals surface area contributed by atoms with Crippen molar-refractivity contribution in [3.63, 3.8) is 0 Å². The highest BCUT2D eigenvalue weighted by Crippen LogP contribution is 2.10. The Morgan fingerprint density at radius 1 is 1.53 bits per heavy atom. The van der Waals surface area contributed by atoms with E-state index in [4.69, 9.17) is 5.11 Å². The van der Waals surface area contributed by atoms with Crippen molar-refractivity contribution in [2.45, 2.75) is 38.9 Å². The van der Waals surface area contributed by atoms with Crippen LogP contribution in [0.5, 0.6) is 0 Å². The topological polar surface area (TPSA) is 87.5 Å². The minimum atomic E-state index is -0.846. The van der Waals surface area contributed by atoms with Crippen molar-refractivity contribution in [3.05, 3.63) is 18.2 Å². The molecule has 19 heavy (non-hydrogen) atoms. The lowest BCUT2D eigenvalue weighted by atomic mass is 10.2. The standard InChI is InChI=1S/C12H18N4O3/c1-9(2-3-11(17)18)14-12(19)16-7-6-15-5-4-13-10(15)8-16/h4-5,9H,2-3,6-8H2,1H3,(H,14,19)(H,17,18). The largest absolute Gasteiger partial charge is 0.481 e. The molecule has 2 amide bonds. The molecule has 1 atom stereocenters. The predicted molar refractivity (Wildman–Crippen MR) is 67.5 cm³/mol. The fourth-order valence-corrected chi connectivity index (χ4v) is 2.06. The zero-order chi connectivity index (χ0) is 13.8. The molecule has 7 heteroatoms. The third-order valence-corrected chi connectivity index (χ3v) is 3.19. The van der Waals surface area contributed by atoms with Crippen LogP contribution in [-0.4, -0.2) is 44.1 Å². The third-order valence-electron chi connectivity index (χ3n) is 3.19. The van der Waals surface area contributed by atoms with Crippen LogP contribution in [0.4, 0.5) is 4.79 Å². The number of amides is 2. The van der Waals surface area contributed by atoms with Gasteiger partial charge in [-0.1, -0.05) is 0 Å². The van der Waals surface area contributed by atoms with Gasteiger partial charge >= 0.3 is 12.0 Å². The van der Waals surface area contributed by atoms with Crippen LogP contribution in [0.15, 0.2) is 12.4 Å². The lowest BCUT2D eigenvalue weighted by Gasteiger charge is -2.29. The van der Waals surface area contributed by atoms with Crippen LogP contribution < -0.4 is 5.32 Å². The monoisotopic (exact) mass is 266 g/mol. The summed E-state index contributed by atoms with van der Waals surface area (Å²) in [6, 6.07) is -0.308. The maximum atomic E-state index is 12.0. The Morgan fingerprint density at radius 3 is 3.05 bits per heavy atom. The Morgan fingerprint density at radius 2 is 2.32 bits per heavy atom. The van der Waals surface area contributed by atoms with E-state index in [0.717, 1.165) is 12.4 Å². The van der Waals surface area contributed by atoms with Gasteiger partial charge < -0.3 is 19.9 Å². The molecule has 1 aliphatic heterocycles. The lowest BCUT2D eigenvalue weighted by molar-refractivity contribution is -0.137. The van der Waals surface area contributed by atoms with Crippen LogP contribution in [0.2, 0.25) is 0 Å². The van der Waals surface area contributed by atoms with Crippen molar-refractivity contribution in [2.24, 2.45) is 0 Å². The second kappa shape index (κ2) is 5.73. The molecule has 0 aromatic carbocycles. The highest BCUT2D eigenvalue weighted by atomic mass is 16.4. The van der Waals surface area contributed by atoms with Crippen LogP contribution in [0.1, 0.15) is 25.6 Å². The zero-order valence-corrected chi connectivity index (χ0v) is 10.9. The summed E-state index contributed by atoms with van der Waals surface area (Å²) >= 11 is 0. The first-order valence-electron chi connectivity index (χ1n) is 6.33. The third kappa shape index (κ3) is 3.46. The Balaban J connectivity index is 1.83. The van der Waals surface area contributed by atoms with Crippen LogP contribution in [-0.2, 0) is 17.9 Å². The van der Waals surface area contributed by atoms with Gasteiger partial charge in [0.05, 0.1) is 6.54 Å². The van der Waals surface area contributed by atoms with E-state index in [1.54, 1.807) is 11.1 Å². The van der Waals surface area contributed by atoms with Gasteiger partial charge in [0.15, 0.2) is 0 Å². The average molecular weight is 266 g/mol. The zero-order valence-electron chi connectivity index (χ0n) is 10.9. The molecular weight excluding hydrogens is 248 g/mol. The number of nitrogens with zero attached hydrogens (tertiary/aromatic N) is 3. The summed E-state index contributed by atoms with van der Waals surface area (Å²) < 4.78 is 2.03. The molecule has 1 unspecified atom stereocenters. The number of aromatic nitrogens is 2. The van der Waals surface area contributed by atoms with Gasteiger partial charge in [0.1, 0.15) is 5.82 Å². The van der Waals surface area contributed by atoms with Gasteiger partial charge in [0, 0.05) is 37.9 Å². The minimum Gasteiger partial charge on any atom is -0.481 e. The van der Waals surface area contributed by atoms with Crippen molar-refractivity contribution >= 4 is 12.0 Å². The molecular formula is C12H18N4O3. The molecule has 1 aliphatic rings. The van der Waals surface area contributed by atoms with E-state index in [1.807, 2.05) is 17.7 Å². The quantitative estimate of drug-likeness (QED) is 0.838. The van der Waals surface area contributed by atoms with E-state index < -0.39 is 5.97 Å². The van der Waals surface area contributed by atoms with Crippen LogP contribution in [0.25, 0.3) is 0 Å².